The van der Waals surface area contributed by atoms with Gasteiger partial charge in [0.1, 0.15) is 5.54 Å². The first-order chi connectivity index (χ1) is 13.7. The van der Waals surface area contributed by atoms with Gasteiger partial charge in [0.25, 0.3) is 0 Å². The second kappa shape index (κ2) is 8.57. The zero-order valence-corrected chi connectivity index (χ0v) is 17.1. The molecule has 2 saturated carbocycles. The SMILES string of the molecule is N#CC1(NC(=O)CSc2nc3ccccc3n2C2CCCCC2)CCCCC1. The summed E-state index contributed by atoms with van der Waals surface area (Å²) >= 11 is 1.50. The zero-order chi connectivity index (χ0) is 19.4. The lowest BCUT2D eigenvalue weighted by atomic mass is 9.83. The topological polar surface area (TPSA) is 70.7 Å². The third kappa shape index (κ3) is 4.05. The molecule has 0 aliphatic heterocycles. The number of nitrogens with zero attached hydrogens (tertiary/aromatic N) is 3. The normalized spacial score (nSPS) is 20.0. The molecule has 0 spiro atoms. The Balaban J connectivity index is 1.50. The lowest BCUT2D eigenvalue weighted by Crippen LogP contribution is -2.49. The van der Waals surface area contributed by atoms with Crippen molar-refractivity contribution in [3.63, 3.8) is 0 Å². The molecule has 2 aromatic rings. The number of carbonyl (C=O) groups excluding carboxylic acids is 1. The summed E-state index contributed by atoms with van der Waals surface area (Å²) in [5.74, 6) is 0.245. The highest BCUT2D eigenvalue weighted by Crippen LogP contribution is 2.35. The van der Waals surface area contributed by atoms with Crippen molar-refractivity contribution in [2.24, 2.45) is 0 Å². The van der Waals surface area contributed by atoms with Crippen LogP contribution in [0.4, 0.5) is 0 Å². The number of amides is 1. The summed E-state index contributed by atoms with van der Waals surface area (Å²) in [6, 6.07) is 11.1. The summed E-state index contributed by atoms with van der Waals surface area (Å²) < 4.78 is 2.35. The van der Waals surface area contributed by atoms with Crippen LogP contribution in [0.3, 0.4) is 0 Å². The van der Waals surface area contributed by atoms with Crippen LogP contribution in [0, 0.1) is 11.3 Å². The number of fused-ring (bicyclic) bond motifs is 1. The number of para-hydroxylation sites is 2. The van der Waals surface area contributed by atoms with E-state index in [0.717, 1.165) is 48.3 Å². The van der Waals surface area contributed by atoms with Crippen LogP contribution in [0.5, 0.6) is 0 Å². The van der Waals surface area contributed by atoms with Gasteiger partial charge in [0.15, 0.2) is 5.16 Å². The van der Waals surface area contributed by atoms with E-state index in [4.69, 9.17) is 4.98 Å². The molecule has 1 aromatic heterocycles. The number of rotatable bonds is 5. The van der Waals surface area contributed by atoms with Gasteiger partial charge < -0.3 is 9.88 Å². The summed E-state index contributed by atoms with van der Waals surface area (Å²) in [6.07, 6.45) is 10.9. The fourth-order valence-electron chi connectivity index (χ4n) is 4.67. The molecule has 2 fully saturated rings. The predicted molar refractivity (Wildman–Crippen MR) is 112 cm³/mol. The highest BCUT2D eigenvalue weighted by Gasteiger charge is 2.33. The molecule has 4 rings (SSSR count). The number of thioether (sulfide) groups is 1. The number of benzene rings is 1. The standard InChI is InChI=1S/C22H28N4OS/c23-16-22(13-7-2-8-14-22)25-20(27)15-28-21-24-18-11-5-6-12-19(18)26(21)17-9-3-1-4-10-17/h5-6,11-12,17H,1-4,7-10,13-15H2,(H,25,27). The largest absolute Gasteiger partial charge is 0.337 e. The van der Waals surface area contributed by atoms with Crippen molar-refractivity contribution in [2.45, 2.75) is 80.9 Å². The Morgan fingerprint density at radius 1 is 1.18 bits per heavy atom. The fraction of sp³-hybridized carbons (Fsp3) is 0.591. The Kier molecular flexibility index (Phi) is 5.91. The molecular weight excluding hydrogens is 368 g/mol. The van der Waals surface area contributed by atoms with Crippen LogP contribution in [0.2, 0.25) is 0 Å². The number of carbonyl (C=O) groups is 1. The smallest absolute Gasteiger partial charge is 0.231 e. The maximum Gasteiger partial charge on any atom is 0.231 e. The molecule has 2 aliphatic carbocycles. The molecule has 0 bridgehead atoms. The van der Waals surface area contributed by atoms with E-state index in [9.17, 15) is 10.1 Å². The molecule has 28 heavy (non-hydrogen) atoms. The van der Waals surface area contributed by atoms with Crippen molar-refractivity contribution < 1.29 is 4.79 Å². The quantitative estimate of drug-likeness (QED) is 0.724. The van der Waals surface area contributed by atoms with E-state index in [1.807, 2.05) is 12.1 Å². The lowest BCUT2D eigenvalue weighted by Gasteiger charge is -2.31. The number of hydrogen-bond acceptors (Lipinski definition) is 4. The van der Waals surface area contributed by atoms with Crippen molar-refractivity contribution in [2.75, 3.05) is 5.75 Å². The van der Waals surface area contributed by atoms with Crippen LogP contribution in [-0.2, 0) is 4.79 Å². The number of nitrogens with one attached hydrogen (secondary N) is 1. The molecular formula is C22H28N4OS. The Morgan fingerprint density at radius 3 is 2.64 bits per heavy atom. The molecule has 1 amide bonds. The molecule has 0 unspecified atom stereocenters. The maximum absolute atomic E-state index is 12.6. The molecule has 5 nitrogen and oxygen atoms in total. The van der Waals surface area contributed by atoms with Crippen molar-refractivity contribution in [1.29, 1.82) is 5.26 Å². The van der Waals surface area contributed by atoms with Crippen molar-refractivity contribution in [1.82, 2.24) is 14.9 Å². The average Bonchev–Trinajstić information content (AvgIpc) is 3.12. The molecule has 1 heterocycles. The van der Waals surface area contributed by atoms with E-state index in [0.29, 0.717) is 11.8 Å². The van der Waals surface area contributed by atoms with Gasteiger partial charge in [0.2, 0.25) is 5.91 Å². The van der Waals surface area contributed by atoms with Crippen LogP contribution in [-0.4, -0.2) is 26.8 Å². The van der Waals surface area contributed by atoms with Gasteiger partial charge in [0.05, 0.1) is 22.9 Å². The van der Waals surface area contributed by atoms with Crippen molar-refractivity contribution in [3.05, 3.63) is 24.3 Å². The van der Waals surface area contributed by atoms with E-state index in [1.54, 1.807) is 0 Å². The van der Waals surface area contributed by atoms with Crippen LogP contribution < -0.4 is 5.32 Å². The fourth-order valence-corrected chi connectivity index (χ4v) is 5.55. The molecule has 0 radical (unpaired) electrons. The van der Waals surface area contributed by atoms with Gasteiger partial charge >= 0.3 is 0 Å². The molecule has 1 aromatic carbocycles. The monoisotopic (exact) mass is 396 g/mol. The van der Waals surface area contributed by atoms with Crippen LogP contribution in [0.1, 0.15) is 70.3 Å². The second-order valence-corrected chi connectivity index (χ2v) is 9.08. The van der Waals surface area contributed by atoms with Crippen molar-refractivity contribution >= 4 is 28.7 Å². The molecule has 6 heteroatoms. The minimum absolute atomic E-state index is 0.0595. The average molecular weight is 397 g/mol. The second-order valence-electron chi connectivity index (χ2n) is 8.14. The zero-order valence-electron chi connectivity index (χ0n) is 16.3. The van der Waals surface area contributed by atoms with Gasteiger partial charge in [-0.3, -0.25) is 4.79 Å². The molecule has 2 aliphatic rings. The van der Waals surface area contributed by atoms with E-state index in [2.05, 4.69) is 28.1 Å². The summed E-state index contributed by atoms with van der Waals surface area (Å²) in [6.45, 7) is 0. The van der Waals surface area contributed by atoms with Gasteiger partial charge in [-0.25, -0.2) is 4.98 Å². The van der Waals surface area contributed by atoms with E-state index in [-0.39, 0.29) is 5.91 Å². The first-order valence-corrected chi connectivity index (χ1v) is 11.5. The number of imidazole rings is 1. The number of nitriles is 1. The van der Waals surface area contributed by atoms with Crippen molar-refractivity contribution in [3.8, 4) is 6.07 Å². The van der Waals surface area contributed by atoms with E-state index < -0.39 is 5.54 Å². The predicted octanol–water partition coefficient (Wildman–Crippen LogP) is 4.98. The lowest BCUT2D eigenvalue weighted by molar-refractivity contribution is -0.120. The minimum Gasteiger partial charge on any atom is -0.337 e. The molecule has 0 saturated heterocycles. The first-order valence-electron chi connectivity index (χ1n) is 10.5. The molecule has 0 atom stereocenters. The Labute approximate surface area is 170 Å². The minimum atomic E-state index is -0.667. The highest BCUT2D eigenvalue weighted by molar-refractivity contribution is 7.99. The summed E-state index contributed by atoms with van der Waals surface area (Å²) in [4.78, 5) is 17.5. The number of hydrogen-bond donors (Lipinski definition) is 1. The molecule has 148 valence electrons. The van der Waals surface area contributed by atoms with E-state index in [1.165, 1.54) is 43.9 Å². The summed E-state index contributed by atoms with van der Waals surface area (Å²) in [7, 11) is 0. The third-order valence-electron chi connectivity index (χ3n) is 6.14. The van der Waals surface area contributed by atoms with Crippen LogP contribution in [0.25, 0.3) is 11.0 Å². The first kappa shape index (κ1) is 19.3. The molecule has 1 N–H and O–H groups in total. The summed E-state index contributed by atoms with van der Waals surface area (Å²) in [5.41, 5.74) is 1.49. The Hall–Kier alpha value is -2.00. The highest BCUT2D eigenvalue weighted by atomic mass is 32.2. The van der Waals surface area contributed by atoms with Crippen LogP contribution >= 0.6 is 11.8 Å². The summed E-state index contributed by atoms with van der Waals surface area (Å²) in [5, 5.41) is 13.6. The Morgan fingerprint density at radius 2 is 1.89 bits per heavy atom. The Bertz CT molecular complexity index is 872. The van der Waals surface area contributed by atoms with Gasteiger partial charge in [0, 0.05) is 6.04 Å². The third-order valence-corrected chi connectivity index (χ3v) is 7.09. The number of aromatic nitrogens is 2. The van der Waals surface area contributed by atoms with Gasteiger partial charge in [-0.05, 0) is 37.8 Å². The van der Waals surface area contributed by atoms with Gasteiger partial charge in [-0.15, -0.1) is 0 Å². The van der Waals surface area contributed by atoms with E-state index >= 15 is 0 Å². The maximum atomic E-state index is 12.6. The van der Waals surface area contributed by atoms with Gasteiger partial charge in [-0.2, -0.15) is 5.26 Å². The van der Waals surface area contributed by atoms with Crippen LogP contribution in [0.15, 0.2) is 29.4 Å². The van der Waals surface area contributed by atoms with Gasteiger partial charge in [-0.1, -0.05) is 62.4 Å².